The average molecular weight is 224 g/mol. The van der Waals surface area contributed by atoms with E-state index in [1.54, 1.807) is 0 Å². The Morgan fingerprint density at radius 1 is 1.00 bits per heavy atom. The van der Waals surface area contributed by atoms with Crippen LogP contribution >= 0.6 is 0 Å². The molecule has 0 atom stereocenters. The lowest BCUT2D eigenvalue weighted by Gasteiger charge is -2.34. The lowest BCUT2D eigenvalue weighted by Crippen LogP contribution is -2.46. The first-order valence-corrected chi connectivity index (χ1v) is 6.78. The number of rotatable bonds is 2. The molecule has 1 saturated carbocycles. The van der Waals surface area contributed by atoms with Crippen molar-refractivity contribution in [2.24, 2.45) is 11.1 Å². The molecular formula is C13H24N2O. The van der Waals surface area contributed by atoms with Crippen molar-refractivity contribution in [1.29, 1.82) is 0 Å². The summed E-state index contributed by atoms with van der Waals surface area (Å²) in [6.45, 7) is 2.46. The van der Waals surface area contributed by atoms with Gasteiger partial charge in [-0.15, -0.1) is 0 Å². The van der Waals surface area contributed by atoms with Crippen molar-refractivity contribution in [3.8, 4) is 0 Å². The molecule has 0 aromatic carbocycles. The van der Waals surface area contributed by atoms with Crippen LogP contribution in [0.1, 0.15) is 51.4 Å². The van der Waals surface area contributed by atoms with Crippen molar-refractivity contribution in [2.75, 3.05) is 19.6 Å². The van der Waals surface area contributed by atoms with Crippen molar-refractivity contribution in [3.05, 3.63) is 0 Å². The van der Waals surface area contributed by atoms with Crippen LogP contribution in [0.2, 0.25) is 0 Å². The summed E-state index contributed by atoms with van der Waals surface area (Å²) in [5.74, 6) is 0.356. The van der Waals surface area contributed by atoms with E-state index in [1.807, 2.05) is 0 Å². The average Bonchev–Trinajstić information content (AvgIpc) is 2.73. The van der Waals surface area contributed by atoms with Crippen LogP contribution in [-0.4, -0.2) is 30.4 Å². The Hall–Kier alpha value is -0.570. The van der Waals surface area contributed by atoms with Crippen LogP contribution in [0.3, 0.4) is 0 Å². The Morgan fingerprint density at radius 2 is 1.56 bits per heavy atom. The number of carbonyl (C=O) groups excluding carboxylic acids is 1. The van der Waals surface area contributed by atoms with Crippen LogP contribution in [0.5, 0.6) is 0 Å². The van der Waals surface area contributed by atoms with Crippen LogP contribution in [0.25, 0.3) is 0 Å². The van der Waals surface area contributed by atoms with Gasteiger partial charge in [0.1, 0.15) is 0 Å². The molecule has 0 spiro atoms. The summed E-state index contributed by atoms with van der Waals surface area (Å²) in [5, 5.41) is 0. The third-order valence-corrected chi connectivity index (χ3v) is 4.30. The molecule has 1 aliphatic heterocycles. The summed E-state index contributed by atoms with van der Waals surface area (Å²) < 4.78 is 0. The van der Waals surface area contributed by atoms with E-state index in [0.29, 0.717) is 12.5 Å². The lowest BCUT2D eigenvalue weighted by atomic mass is 9.79. The third-order valence-electron chi connectivity index (χ3n) is 4.30. The molecule has 1 heterocycles. The number of hydrogen-bond acceptors (Lipinski definition) is 2. The van der Waals surface area contributed by atoms with Crippen LogP contribution in [0.4, 0.5) is 0 Å². The van der Waals surface area contributed by atoms with Crippen LogP contribution in [0.15, 0.2) is 0 Å². The quantitative estimate of drug-likeness (QED) is 0.728. The smallest absolute Gasteiger partial charge is 0.230 e. The van der Waals surface area contributed by atoms with Gasteiger partial charge in [-0.1, -0.05) is 25.7 Å². The van der Waals surface area contributed by atoms with E-state index < -0.39 is 0 Å². The zero-order valence-electron chi connectivity index (χ0n) is 10.2. The van der Waals surface area contributed by atoms with Gasteiger partial charge < -0.3 is 10.6 Å². The van der Waals surface area contributed by atoms with E-state index in [0.717, 1.165) is 25.9 Å². The fourth-order valence-corrected chi connectivity index (χ4v) is 3.17. The summed E-state index contributed by atoms with van der Waals surface area (Å²) in [5.41, 5.74) is 5.72. The maximum absolute atomic E-state index is 12.6. The first-order chi connectivity index (χ1) is 7.78. The molecule has 0 unspecified atom stereocenters. The fourth-order valence-electron chi connectivity index (χ4n) is 3.17. The van der Waals surface area contributed by atoms with Crippen LogP contribution in [0, 0.1) is 5.41 Å². The van der Waals surface area contributed by atoms with Crippen molar-refractivity contribution < 1.29 is 4.79 Å². The van der Waals surface area contributed by atoms with Crippen LogP contribution < -0.4 is 5.73 Å². The van der Waals surface area contributed by atoms with E-state index in [-0.39, 0.29) is 5.41 Å². The zero-order chi connectivity index (χ0) is 11.4. The van der Waals surface area contributed by atoms with Crippen LogP contribution in [-0.2, 0) is 4.79 Å². The summed E-state index contributed by atoms with van der Waals surface area (Å²) in [4.78, 5) is 14.6. The summed E-state index contributed by atoms with van der Waals surface area (Å²) in [6.07, 6.45) is 9.27. The Morgan fingerprint density at radius 3 is 2.06 bits per heavy atom. The number of nitrogens with zero attached hydrogens (tertiary/aromatic N) is 1. The predicted octanol–water partition coefficient (Wildman–Crippen LogP) is 1.91. The standard InChI is InChI=1S/C13H24N2O/c14-11-13(7-3-1-2-4-8-13)12(16)15-9-5-6-10-15/h1-11,14H2. The molecule has 1 aliphatic carbocycles. The minimum Gasteiger partial charge on any atom is -0.342 e. The second-order valence-corrected chi connectivity index (χ2v) is 5.40. The Balaban J connectivity index is 2.08. The van der Waals surface area contributed by atoms with E-state index >= 15 is 0 Å². The molecule has 1 amide bonds. The van der Waals surface area contributed by atoms with E-state index in [2.05, 4.69) is 4.90 Å². The third kappa shape index (κ3) is 2.24. The molecule has 0 aromatic heterocycles. The molecule has 2 rings (SSSR count). The van der Waals surface area contributed by atoms with Crippen molar-refractivity contribution in [1.82, 2.24) is 4.90 Å². The first kappa shape index (κ1) is 11.9. The van der Waals surface area contributed by atoms with Crippen molar-refractivity contribution in [3.63, 3.8) is 0 Å². The van der Waals surface area contributed by atoms with Gasteiger partial charge in [-0.2, -0.15) is 0 Å². The molecule has 16 heavy (non-hydrogen) atoms. The minimum atomic E-state index is -0.207. The highest BCUT2D eigenvalue weighted by molar-refractivity contribution is 5.83. The van der Waals surface area contributed by atoms with Gasteiger partial charge in [-0.25, -0.2) is 0 Å². The lowest BCUT2D eigenvalue weighted by molar-refractivity contribution is -0.141. The minimum absolute atomic E-state index is 0.207. The second-order valence-electron chi connectivity index (χ2n) is 5.40. The van der Waals surface area contributed by atoms with Gasteiger partial charge in [0, 0.05) is 19.6 Å². The largest absolute Gasteiger partial charge is 0.342 e. The molecule has 2 aliphatic rings. The van der Waals surface area contributed by atoms with Gasteiger partial charge in [0.05, 0.1) is 5.41 Å². The normalized spacial score (nSPS) is 25.4. The number of nitrogens with two attached hydrogens (primary N) is 1. The number of carbonyl (C=O) groups is 1. The topological polar surface area (TPSA) is 46.3 Å². The molecule has 0 bridgehead atoms. The zero-order valence-corrected chi connectivity index (χ0v) is 10.2. The molecule has 0 aromatic rings. The molecule has 0 radical (unpaired) electrons. The van der Waals surface area contributed by atoms with Gasteiger partial charge in [-0.05, 0) is 25.7 Å². The van der Waals surface area contributed by atoms with E-state index in [4.69, 9.17) is 5.73 Å². The van der Waals surface area contributed by atoms with Crippen molar-refractivity contribution in [2.45, 2.75) is 51.4 Å². The summed E-state index contributed by atoms with van der Waals surface area (Å²) >= 11 is 0. The second kappa shape index (κ2) is 5.17. The van der Waals surface area contributed by atoms with Gasteiger partial charge in [-0.3, -0.25) is 4.79 Å². The van der Waals surface area contributed by atoms with E-state index in [1.165, 1.54) is 38.5 Å². The molecule has 1 saturated heterocycles. The molecule has 92 valence electrons. The highest BCUT2D eigenvalue weighted by atomic mass is 16.2. The highest BCUT2D eigenvalue weighted by Crippen LogP contribution is 2.36. The molecular weight excluding hydrogens is 200 g/mol. The van der Waals surface area contributed by atoms with E-state index in [9.17, 15) is 4.79 Å². The maximum atomic E-state index is 12.6. The number of amides is 1. The van der Waals surface area contributed by atoms with Gasteiger partial charge in [0.2, 0.25) is 5.91 Å². The Labute approximate surface area is 98.4 Å². The molecule has 2 fully saturated rings. The van der Waals surface area contributed by atoms with Gasteiger partial charge >= 0.3 is 0 Å². The molecule has 3 heteroatoms. The highest BCUT2D eigenvalue weighted by Gasteiger charge is 2.40. The molecule has 2 N–H and O–H groups in total. The SMILES string of the molecule is NCC1(C(=O)N2CCCC2)CCCCCC1. The van der Waals surface area contributed by atoms with Gasteiger partial charge in [0.25, 0.3) is 0 Å². The number of hydrogen-bond donors (Lipinski definition) is 1. The van der Waals surface area contributed by atoms with Crippen molar-refractivity contribution >= 4 is 5.91 Å². The fraction of sp³-hybridized carbons (Fsp3) is 0.923. The monoisotopic (exact) mass is 224 g/mol. The Kier molecular flexibility index (Phi) is 3.85. The number of likely N-dealkylation sites (tertiary alicyclic amines) is 1. The first-order valence-electron chi connectivity index (χ1n) is 6.78. The summed E-state index contributed by atoms with van der Waals surface area (Å²) in [6, 6.07) is 0. The molecule has 3 nitrogen and oxygen atoms in total. The Bertz CT molecular complexity index is 238. The maximum Gasteiger partial charge on any atom is 0.230 e. The van der Waals surface area contributed by atoms with Gasteiger partial charge in [0.15, 0.2) is 0 Å². The predicted molar refractivity (Wildman–Crippen MR) is 65.0 cm³/mol. The summed E-state index contributed by atoms with van der Waals surface area (Å²) in [7, 11) is 0.